The number of morpholine rings is 1. The molecule has 0 aromatic heterocycles. The van der Waals surface area contributed by atoms with Gasteiger partial charge in [0.25, 0.3) is 11.7 Å². The van der Waals surface area contributed by atoms with Crippen molar-refractivity contribution < 1.29 is 43.3 Å². The third-order valence-electron chi connectivity index (χ3n) is 7.62. The van der Waals surface area contributed by atoms with Gasteiger partial charge in [-0.15, -0.1) is 0 Å². The highest BCUT2D eigenvalue weighted by Gasteiger charge is 2.47. The smallest absolute Gasteiger partial charge is 0.295 e. The van der Waals surface area contributed by atoms with Crippen LogP contribution >= 0.6 is 0 Å². The number of rotatable bonds is 8. The Hall–Kier alpha value is -3.76. The van der Waals surface area contributed by atoms with Crippen molar-refractivity contribution in [3.63, 3.8) is 0 Å². The number of Topliss-reactive ketones (excluding diaryl/α,β-unsaturated/α-hetero) is 1. The highest BCUT2D eigenvalue weighted by atomic mass is 16.5. The SMILES string of the molecule is COc1cc([C@@H]2C(=C(O)c3ccc4c(c3)C[C@@H](C)O4)C(=O)C(=O)N2CC[NH+]2CCOCC2)cc(OC)c1OC. The van der Waals surface area contributed by atoms with E-state index in [1.54, 1.807) is 24.3 Å². The van der Waals surface area contributed by atoms with Crippen molar-refractivity contribution in [2.45, 2.75) is 25.5 Å². The number of ketones is 1. The first kappa shape index (κ1) is 26.8. The predicted octanol–water partition coefficient (Wildman–Crippen LogP) is 1.37. The van der Waals surface area contributed by atoms with E-state index in [2.05, 4.69) is 0 Å². The molecule has 2 atom stereocenters. The number of hydrogen-bond donors (Lipinski definition) is 2. The molecule has 1 amide bonds. The zero-order valence-corrected chi connectivity index (χ0v) is 22.7. The Morgan fingerprint density at radius 1 is 1.05 bits per heavy atom. The molecular formula is C29H35N2O8+. The normalized spacial score (nSPS) is 22.5. The summed E-state index contributed by atoms with van der Waals surface area (Å²) in [6.45, 7) is 5.92. The molecule has 0 unspecified atom stereocenters. The monoisotopic (exact) mass is 539 g/mol. The molecule has 3 aliphatic heterocycles. The molecule has 0 spiro atoms. The highest BCUT2D eigenvalue weighted by molar-refractivity contribution is 6.46. The topological polar surface area (TPSA) is 108 Å². The van der Waals surface area contributed by atoms with E-state index in [0.29, 0.717) is 61.1 Å². The number of nitrogens with one attached hydrogen (secondary N) is 1. The van der Waals surface area contributed by atoms with Crippen LogP contribution in [-0.2, 0) is 20.7 Å². The minimum atomic E-state index is -0.845. The number of amides is 1. The number of hydrogen-bond acceptors (Lipinski definition) is 8. The maximum absolute atomic E-state index is 13.5. The molecule has 2 fully saturated rings. The Morgan fingerprint density at radius 3 is 2.38 bits per heavy atom. The zero-order chi connectivity index (χ0) is 27.7. The van der Waals surface area contributed by atoms with Crippen molar-refractivity contribution in [2.75, 3.05) is 60.7 Å². The summed E-state index contributed by atoms with van der Waals surface area (Å²) >= 11 is 0. The number of fused-ring (bicyclic) bond motifs is 1. The lowest BCUT2D eigenvalue weighted by atomic mass is 9.94. The van der Waals surface area contributed by atoms with Gasteiger partial charge in [0.1, 0.15) is 30.7 Å². The molecule has 2 N–H and O–H groups in total. The van der Waals surface area contributed by atoms with Crippen LogP contribution in [-0.4, -0.2) is 88.5 Å². The van der Waals surface area contributed by atoms with E-state index < -0.39 is 17.7 Å². The van der Waals surface area contributed by atoms with E-state index in [1.807, 2.05) is 13.0 Å². The Kier molecular flexibility index (Phi) is 7.67. The average Bonchev–Trinajstić information content (AvgIpc) is 3.46. The van der Waals surface area contributed by atoms with E-state index in [0.717, 1.165) is 24.4 Å². The fraction of sp³-hybridized carbons (Fsp3) is 0.448. The van der Waals surface area contributed by atoms with Gasteiger partial charge in [0.2, 0.25) is 5.75 Å². The van der Waals surface area contributed by atoms with Gasteiger partial charge in [0, 0.05) is 12.0 Å². The first-order valence-electron chi connectivity index (χ1n) is 13.2. The van der Waals surface area contributed by atoms with Crippen LogP contribution in [0.2, 0.25) is 0 Å². The summed E-state index contributed by atoms with van der Waals surface area (Å²) in [7, 11) is 4.52. The Labute approximate surface area is 227 Å². The van der Waals surface area contributed by atoms with Crippen molar-refractivity contribution in [1.82, 2.24) is 4.90 Å². The summed E-state index contributed by atoms with van der Waals surface area (Å²) in [5.41, 5.74) is 2.00. The van der Waals surface area contributed by atoms with Gasteiger partial charge < -0.3 is 38.6 Å². The lowest BCUT2D eigenvalue weighted by molar-refractivity contribution is -0.907. The molecule has 10 nitrogen and oxygen atoms in total. The molecule has 3 aliphatic rings. The predicted molar refractivity (Wildman–Crippen MR) is 142 cm³/mol. The molecule has 2 aromatic rings. The van der Waals surface area contributed by atoms with Crippen LogP contribution in [0.4, 0.5) is 0 Å². The number of benzene rings is 2. The second-order valence-electron chi connectivity index (χ2n) is 10.0. The molecule has 0 saturated carbocycles. The van der Waals surface area contributed by atoms with Crippen molar-refractivity contribution in [3.8, 4) is 23.0 Å². The molecule has 0 aliphatic carbocycles. The third-order valence-corrected chi connectivity index (χ3v) is 7.62. The van der Waals surface area contributed by atoms with Crippen molar-refractivity contribution in [1.29, 1.82) is 0 Å². The number of likely N-dealkylation sites (tertiary alicyclic amines) is 1. The molecule has 0 radical (unpaired) electrons. The number of aliphatic hydroxyl groups excluding tert-OH is 1. The third kappa shape index (κ3) is 5.02. The van der Waals surface area contributed by atoms with Gasteiger partial charge in [-0.25, -0.2) is 0 Å². The maximum atomic E-state index is 13.5. The molecule has 2 aromatic carbocycles. The molecule has 39 heavy (non-hydrogen) atoms. The Balaban J connectivity index is 1.61. The van der Waals surface area contributed by atoms with Crippen LogP contribution in [0.25, 0.3) is 5.76 Å². The lowest BCUT2D eigenvalue weighted by Crippen LogP contribution is -3.14. The fourth-order valence-corrected chi connectivity index (χ4v) is 5.63. The summed E-state index contributed by atoms with van der Waals surface area (Å²) < 4.78 is 27.9. The summed E-state index contributed by atoms with van der Waals surface area (Å²) in [5.74, 6) is 0.324. The minimum Gasteiger partial charge on any atom is -0.507 e. The quantitative estimate of drug-likeness (QED) is 0.294. The van der Waals surface area contributed by atoms with Gasteiger partial charge in [-0.3, -0.25) is 9.59 Å². The number of carbonyl (C=O) groups excluding carboxylic acids is 2. The lowest BCUT2D eigenvalue weighted by Gasteiger charge is -2.29. The van der Waals surface area contributed by atoms with Crippen LogP contribution in [0.3, 0.4) is 0 Å². The van der Waals surface area contributed by atoms with E-state index in [-0.39, 0.29) is 17.4 Å². The molecule has 0 bridgehead atoms. The molecular weight excluding hydrogens is 504 g/mol. The standard InChI is InChI=1S/C29H34N2O8/c1-17-13-19-14-18(5-6-21(19)39-17)26(32)24-25(20-15-22(35-2)28(37-4)23(16-20)36-3)31(29(34)27(24)33)8-7-30-9-11-38-12-10-30/h5-6,14-17,25,32H,7-13H2,1-4H3/p+1/t17-,25-/m1/s1. The Morgan fingerprint density at radius 2 is 1.74 bits per heavy atom. The van der Waals surface area contributed by atoms with Crippen molar-refractivity contribution in [2.24, 2.45) is 0 Å². The van der Waals surface area contributed by atoms with E-state index >= 15 is 0 Å². The number of quaternary nitrogens is 1. The Bertz CT molecular complexity index is 1280. The molecule has 5 rings (SSSR count). The summed E-state index contributed by atoms with van der Waals surface area (Å²) in [4.78, 5) is 29.8. The summed E-state index contributed by atoms with van der Waals surface area (Å²) in [6.07, 6.45) is 0.730. The average molecular weight is 540 g/mol. The number of ether oxygens (including phenoxy) is 5. The summed E-state index contributed by atoms with van der Waals surface area (Å²) in [6, 6.07) is 7.92. The van der Waals surface area contributed by atoms with E-state index in [1.165, 1.54) is 31.1 Å². The van der Waals surface area contributed by atoms with Gasteiger partial charge in [-0.2, -0.15) is 0 Å². The van der Waals surface area contributed by atoms with Crippen LogP contribution in [0.1, 0.15) is 29.7 Å². The van der Waals surface area contributed by atoms with Gasteiger partial charge in [0.15, 0.2) is 11.5 Å². The molecule has 208 valence electrons. The fourth-order valence-electron chi connectivity index (χ4n) is 5.63. The van der Waals surface area contributed by atoms with Gasteiger partial charge in [0.05, 0.1) is 59.2 Å². The van der Waals surface area contributed by atoms with Crippen LogP contribution in [0.15, 0.2) is 35.9 Å². The first-order chi connectivity index (χ1) is 18.9. The number of methoxy groups -OCH3 is 3. The second-order valence-corrected chi connectivity index (χ2v) is 10.0. The highest BCUT2D eigenvalue weighted by Crippen LogP contribution is 2.46. The van der Waals surface area contributed by atoms with E-state index in [9.17, 15) is 14.7 Å². The molecule has 2 saturated heterocycles. The molecule has 10 heteroatoms. The maximum Gasteiger partial charge on any atom is 0.295 e. The van der Waals surface area contributed by atoms with Crippen molar-refractivity contribution >= 4 is 17.4 Å². The van der Waals surface area contributed by atoms with Crippen LogP contribution < -0.4 is 23.8 Å². The summed E-state index contributed by atoms with van der Waals surface area (Å²) in [5, 5.41) is 11.6. The van der Waals surface area contributed by atoms with Crippen LogP contribution in [0.5, 0.6) is 23.0 Å². The van der Waals surface area contributed by atoms with Gasteiger partial charge in [-0.05, 0) is 48.4 Å². The van der Waals surface area contributed by atoms with Gasteiger partial charge in [-0.1, -0.05) is 0 Å². The number of carbonyl (C=O) groups is 2. The largest absolute Gasteiger partial charge is 0.507 e. The first-order valence-corrected chi connectivity index (χ1v) is 13.2. The van der Waals surface area contributed by atoms with Crippen molar-refractivity contribution in [3.05, 3.63) is 52.6 Å². The zero-order valence-electron chi connectivity index (χ0n) is 22.7. The minimum absolute atomic E-state index is 0.0261. The number of nitrogens with zero attached hydrogens (tertiary/aromatic N) is 1. The second kappa shape index (κ2) is 11.2. The molecule has 3 heterocycles. The number of aliphatic hydroxyl groups is 1. The van der Waals surface area contributed by atoms with E-state index in [4.69, 9.17) is 23.7 Å². The van der Waals surface area contributed by atoms with Crippen LogP contribution in [0, 0.1) is 0 Å². The van der Waals surface area contributed by atoms with Gasteiger partial charge >= 0.3 is 0 Å².